The molecule has 4 nitrogen and oxygen atoms in total. The molecule has 0 spiro atoms. The predicted molar refractivity (Wildman–Crippen MR) is 130 cm³/mol. The molecule has 1 atom stereocenters. The van der Waals surface area contributed by atoms with Gasteiger partial charge in [0.15, 0.2) is 0 Å². The highest BCUT2D eigenvalue weighted by atomic mass is 35.5. The number of hydrogen-bond acceptors (Lipinski definition) is 4. The number of piperidine rings is 1. The lowest BCUT2D eigenvalue weighted by molar-refractivity contribution is -0.142. The Bertz CT molecular complexity index is 1020. The predicted octanol–water partition coefficient (Wildman–Crippen LogP) is 6.32. The molecule has 1 aromatic heterocycles. The van der Waals surface area contributed by atoms with Crippen LogP contribution in [0.2, 0.25) is 5.02 Å². The summed E-state index contributed by atoms with van der Waals surface area (Å²) in [6.07, 6.45) is 3.51. The third-order valence-electron chi connectivity index (χ3n) is 6.44. The van der Waals surface area contributed by atoms with Crippen molar-refractivity contribution in [1.82, 2.24) is 9.88 Å². The largest absolute Gasteiger partial charge is 0.368 e. The molecule has 6 heteroatoms. The van der Waals surface area contributed by atoms with Gasteiger partial charge in [-0.1, -0.05) is 53.6 Å². The number of aryl methyl sites for hydroxylation is 1. The Morgan fingerprint density at radius 1 is 1.03 bits per heavy atom. The molecule has 0 aliphatic carbocycles. The van der Waals surface area contributed by atoms with E-state index in [1.807, 2.05) is 29.2 Å². The fourth-order valence-electron chi connectivity index (χ4n) is 4.54. The number of hydrogen-bond donors (Lipinski definition) is 0. The zero-order chi connectivity index (χ0) is 22.1. The second-order valence-electron chi connectivity index (χ2n) is 8.70. The lowest BCUT2D eigenvalue weighted by Crippen LogP contribution is -2.43. The molecule has 2 aromatic carbocycles. The fourth-order valence-corrected chi connectivity index (χ4v) is 5.93. The van der Waals surface area contributed by atoms with Gasteiger partial charge in [0.1, 0.15) is 6.10 Å². The topological polar surface area (TPSA) is 42.4 Å². The first-order valence-electron chi connectivity index (χ1n) is 11.3. The van der Waals surface area contributed by atoms with Gasteiger partial charge >= 0.3 is 0 Å². The third-order valence-corrected chi connectivity index (χ3v) is 7.96. The van der Waals surface area contributed by atoms with Crippen molar-refractivity contribution in [3.05, 3.63) is 64.1 Å². The Balaban J connectivity index is 1.40. The van der Waals surface area contributed by atoms with E-state index in [4.69, 9.17) is 21.3 Å². The van der Waals surface area contributed by atoms with Gasteiger partial charge in [-0.15, -0.1) is 11.3 Å². The number of rotatable bonds is 4. The molecule has 1 amide bonds. The van der Waals surface area contributed by atoms with Crippen LogP contribution in [0.15, 0.2) is 48.5 Å². The molecule has 1 unspecified atom stereocenters. The van der Waals surface area contributed by atoms with Crippen molar-refractivity contribution in [3.63, 3.8) is 0 Å². The van der Waals surface area contributed by atoms with Crippen molar-refractivity contribution in [2.75, 3.05) is 19.7 Å². The van der Waals surface area contributed by atoms with E-state index in [1.54, 1.807) is 11.3 Å². The third kappa shape index (κ3) is 4.47. The highest BCUT2D eigenvalue weighted by Gasteiger charge is 2.32. The summed E-state index contributed by atoms with van der Waals surface area (Å²) in [5.74, 6) is 0.543. The monoisotopic (exact) mass is 466 g/mol. The smallest absolute Gasteiger partial charge is 0.251 e. The summed E-state index contributed by atoms with van der Waals surface area (Å²) in [4.78, 5) is 21.0. The molecule has 0 radical (unpaired) electrons. The lowest BCUT2D eigenvalue weighted by atomic mass is 9.97. The molecule has 0 bridgehead atoms. The van der Waals surface area contributed by atoms with Crippen molar-refractivity contribution >= 4 is 28.8 Å². The average molecular weight is 467 g/mol. The number of carbonyl (C=O) groups is 1. The first kappa shape index (κ1) is 21.6. The van der Waals surface area contributed by atoms with Crippen LogP contribution in [-0.2, 0) is 9.53 Å². The van der Waals surface area contributed by atoms with Gasteiger partial charge in [0.05, 0.1) is 15.6 Å². The molecule has 32 heavy (non-hydrogen) atoms. The number of amides is 1. The molecule has 2 saturated heterocycles. The standard InChI is InChI=1S/C26H27ClN2O2S/c1-17-4-6-19(7-5-17)24-23(18-8-10-21(27)11-9-18)28-25(32-24)20-12-14-29(15-13-20)26(30)22-3-2-16-31-22/h4-11,20,22H,2-3,12-16H2,1H3. The van der Waals surface area contributed by atoms with E-state index in [9.17, 15) is 4.79 Å². The fraction of sp³-hybridized carbons (Fsp3) is 0.385. The van der Waals surface area contributed by atoms with Gasteiger partial charge in [0, 0.05) is 36.2 Å². The van der Waals surface area contributed by atoms with Crippen molar-refractivity contribution in [1.29, 1.82) is 0 Å². The van der Waals surface area contributed by atoms with Crippen LogP contribution in [0.3, 0.4) is 0 Å². The number of ether oxygens (including phenoxy) is 1. The molecule has 3 aromatic rings. The molecule has 166 valence electrons. The Kier molecular flexibility index (Phi) is 6.31. The Labute approximate surface area is 198 Å². The molecular weight excluding hydrogens is 440 g/mol. The molecule has 0 saturated carbocycles. The van der Waals surface area contributed by atoms with Crippen LogP contribution in [0.4, 0.5) is 0 Å². The van der Waals surface area contributed by atoms with E-state index in [1.165, 1.54) is 16.0 Å². The number of thiazole rings is 1. The second-order valence-corrected chi connectivity index (χ2v) is 10.2. The summed E-state index contributed by atoms with van der Waals surface area (Å²) in [6, 6.07) is 16.6. The summed E-state index contributed by atoms with van der Waals surface area (Å²) >= 11 is 7.91. The van der Waals surface area contributed by atoms with Gasteiger partial charge < -0.3 is 9.64 Å². The van der Waals surface area contributed by atoms with E-state index < -0.39 is 0 Å². The number of carbonyl (C=O) groups excluding carboxylic acids is 1. The van der Waals surface area contributed by atoms with Crippen LogP contribution in [-0.4, -0.2) is 41.6 Å². The Morgan fingerprint density at radius 3 is 2.38 bits per heavy atom. The van der Waals surface area contributed by atoms with E-state index in [0.717, 1.165) is 60.1 Å². The number of benzene rings is 2. The average Bonchev–Trinajstić information content (AvgIpc) is 3.51. The van der Waals surface area contributed by atoms with Gasteiger partial charge in [-0.3, -0.25) is 4.79 Å². The van der Waals surface area contributed by atoms with Crippen LogP contribution >= 0.6 is 22.9 Å². The van der Waals surface area contributed by atoms with Gasteiger partial charge in [0.2, 0.25) is 0 Å². The molecule has 0 N–H and O–H groups in total. The highest BCUT2D eigenvalue weighted by molar-refractivity contribution is 7.15. The maximum Gasteiger partial charge on any atom is 0.251 e. The number of likely N-dealkylation sites (tertiary alicyclic amines) is 1. The molecule has 5 rings (SSSR count). The van der Waals surface area contributed by atoms with Gasteiger partial charge in [-0.05, 0) is 50.3 Å². The molecule has 2 aliphatic heterocycles. The zero-order valence-corrected chi connectivity index (χ0v) is 19.8. The van der Waals surface area contributed by atoms with E-state index in [2.05, 4.69) is 31.2 Å². The van der Waals surface area contributed by atoms with E-state index in [-0.39, 0.29) is 12.0 Å². The van der Waals surface area contributed by atoms with Crippen molar-refractivity contribution < 1.29 is 9.53 Å². The summed E-state index contributed by atoms with van der Waals surface area (Å²) < 4.78 is 5.60. The van der Waals surface area contributed by atoms with Crippen LogP contribution in [0, 0.1) is 6.92 Å². The number of aromatic nitrogens is 1. The molecule has 3 heterocycles. The Hall–Kier alpha value is -2.21. The van der Waals surface area contributed by atoms with Crippen LogP contribution in [0.5, 0.6) is 0 Å². The zero-order valence-electron chi connectivity index (χ0n) is 18.2. The maximum atomic E-state index is 12.7. The molecular formula is C26H27ClN2O2S. The highest BCUT2D eigenvalue weighted by Crippen LogP contribution is 2.42. The summed E-state index contributed by atoms with van der Waals surface area (Å²) in [6.45, 7) is 4.37. The minimum atomic E-state index is -0.226. The van der Waals surface area contributed by atoms with Gasteiger partial charge in [-0.2, -0.15) is 0 Å². The minimum absolute atomic E-state index is 0.169. The second kappa shape index (κ2) is 9.34. The van der Waals surface area contributed by atoms with Crippen molar-refractivity contribution in [3.8, 4) is 21.7 Å². The first-order valence-corrected chi connectivity index (χ1v) is 12.5. The molecule has 2 fully saturated rings. The number of halogens is 1. The SMILES string of the molecule is Cc1ccc(-c2sc(C3CCN(C(=O)C4CCCO4)CC3)nc2-c2ccc(Cl)cc2)cc1. The molecule has 2 aliphatic rings. The summed E-state index contributed by atoms with van der Waals surface area (Å²) in [5, 5.41) is 1.89. The van der Waals surface area contributed by atoms with E-state index in [0.29, 0.717) is 12.5 Å². The summed E-state index contributed by atoms with van der Waals surface area (Å²) in [5.41, 5.74) is 4.53. The first-order chi connectivity index (χ1) is 15.6. The van der Waals surface area contributed by atoms with Crippen LogP contribution in [0.25, 0.3) is 21.7 Å². The van der Waals surface area contributed by atoms with Crippen molar-refractivity contribution in [2.45, 2.75) is 44.6 Å². The van der Waals surface area contributed by atoms with E-state index >= 15 is 0 Å². The lowest BCUT2D eigenvalue weighted by Gasteiger charge is -2.32. The minimum Gasteiger partial charge on any atom is -0.368 e. The van der Waals surface area contributed by atoms with Crippen LogP contribution in [0.1, 0.15) is 42.2 Å². The Morgan fingerprint density at radius 2 is 1.72 bits per heavy atom. The quantitative estimate of drug-likeness (QED) is 0.451. The van der Waals surface area contributed by atoms with Crippen LogP contribution < -0.4 is 0 Å². The summed E-state index contributed by atoms with van der Waals surface area (Å²) in [7, 11) is 0. The van der Waals surface area contributed by atoms with Gasteiger partial charge in [0.25, 0.3) is 5.91 Å². The maximum absolute atomic E-state index is 12.7. The normalized spacial score (nSPS) is 19.4. The van der Waals surface area contributed by atoms with Gasteiger partial charge in [-0.25, -0.2) is 4.98 Å². The van der Waals surface area contributed by atoms with Crippen molar-refractivity contribution in [2.24, 2.45) is 0 Å². The number of nitrogens with zero attached hydrogens (tertiary/aromatic N) is 2.